The van der Waals surface area contributed by atoms with Crippen molar-refractivity contribution < 1.29 is 22.7 Å². The van der Waals surface area contributed by atoms with Gasteiger partial charge in [0.05, 0.1) is 17.3 Å². The Kier molecular flexibility index (Phi) is 5.29. The summed E-state index contributed by atoms with van der Waals surface area (Å²) in [5, 5.41) is 2.69. The molecule has 0 aliphatic carbocycles. The Bertz CT molecular complexity index is 1150. The molecular weight excluding hydrogens is 442 g/mol. The van der Waals surface area contributed by atoms with E-state index in [0.29, 0.717) is 37.6 Å². The second kappa shape index (κ2) is 7.98. The molecule has 0 aromatic heterocycles. The summed E-state index contributed by atoms with van der Waals surface area (Å²) < 4.78 is 38.8. The summed E-state index contributed by atoms with van der Waals surface area (Å²) in [5.41, 5.74) is 2.82. The Labute approximate surface area is 185 Å². The molecule has 3 heterocycles. The number of anilines is 1. The van der Waals surface area contributed by atoms with Crippen molar-refractivity contribution in [3.8, 4) is 11.5 Å². The van der Waals surface area contributed by atoms with Gasteiger partial charge < -0.3 is 14.8 Å². The van der Waals surface area contributed by atoms with Gasteiger partial charge in [0.1, 0.15) is 16.4 Å². The van der Waals surface area contributed by atoms with Crippen LogP contribution in [0.25, 0.3) is 0 Å². The van der Waals surface area contributed by atoms with Crippen molar-refractivity contribution in [1.29, 1.82) is 0 Å². The molecule has 2 aromatic carbocycles. The van der Waals surface area contributed by atoms with Crippen LogP contribution in [0.3, 0.4) is 0 Å². The number of amides is 1. The zero-order valence-corrected chi connectivity index (χ0v) is 18.3. The molecular formula is C21H22ClN3O5S. The van der Waals surface area contributed by atoms with Crippen LogP contribution < -0.4 is 14.8 Å². The molecule has 10 heteroatoms. The maximum atomic E-state index is 13.2. The van der Waals surface area contributed by atoms with Crippen LogP contribution in [0.2, 0.25) is 5.02 Å². The Morgan fingerprint density at radius 3 is 2.65 bits per heavy atom. The summed E-state index contributed by atoms with van der Waals surface area (Å²) >= 11 is 6.26. The average Bonchev–Trinajstić information content (AvgIpc) is 3.21. The number of carbonyl (C=O) groups excluding carboxylic acids is 1. The predicted molar refractivity (Wildman–Crippen MR) is 115 cm³/mol. The Balaban J connectivity index is 1.27. The van der Waals surface area contributed by atoms with Crippen molar-refractivity contribution in [1.82, 2.24) is 9.21 Å². The van der Waals surface area contributed by atoms with Crippen LogP contribution in [0.5, 0.6) is 11.5 Å². The SMILES string of the molecule is O=C1COc2cc(S(=O)(=O)N3CCN(Cc4ccc5c(c4)CCO5)CC3)c(Cl)cc2N1. The smallest absolute Gasteiger partial charge is 0.262 e. The molecule has 3 aliphatic heterocycles. The first-order chi connectivity index (χ1) is 14.9. The van der Waals surface area contributed by atoms with E-state index in [2.05, 4.69) is 22.3 Å². The molecule has 0 radical (unpaired) electrons. The van der Waals surface area contributed by atoms with Gasteiger partial charge in [0.15, 0.2) is 6.61 Å². The average molecular weight is 464 g/mol. The topological polar surface area (TPSA) is 88.2 Å². The van der Waals surface area contributed by atoms with Crippen LogP contribution in [0.1, 0.15) is 11.1 Å². The summed E-state index contributed by atoms with van der Waals surface area (Å²) in [5.74, 6) is 0.970. The lowest BCUT2D eigenvalue weighted by Crippen LogP contribution is -2.48. The number of hydrogen-bond donors (Lipinski definition) is 1. The third kappa shape index (κ3) is 3.98. The summed E-state index contributed by atoms with van der Waals surface area (Å²) in [6.07, 6.45) is 0.935. The van der Waals surface area contributed by atoms with E-state index in [1.165, 1.54) is 27.6 Å². The molecule has 0 saturated carbocycles. The fraction of sp³-hybridized carbons (Fsp3) is 0.381. The molecule has 31 heavy (non-hydrogen) atoms. The largest absolute Gasteiger partial charge is 0.493 e. The molecule has 2 aromatic rings. The van der Waals surface area contributed by atoms with Gasteiger partial charge in [-0.15, -0.1) is 0 Å². The van der Waals surface area contributed by atoms with E-state index in [0.717, 1.165) is 25.3 Å². The van der Waals surface area contributed by atoms with E-state index in [-0.39, 0.29) is 22.4 Å². The summed E-state index contributed by atoms with van der Waals surface area (Å²) in [4.78, 5) is 13.7. The number of nitrogens with one attached hydrogen (secondary N) is 1. The molecule has 0 unspecified atom stereocenters. The number of sulfonamides is 1. The van der Waals surface area contributed by atoms with Gasteiger partial charge in [-0.1, -0.05) is 23.7 Å². The highest BCUT2D eigenvalue weighted by atomic mass is 35.5. The minimum Gasteiger partial charge on any atom is -0.493 e. The third-order valence-electron chi connectivity index (χ3n) is 5.78. The van der Waals surface area contributed by atoms with E-state index >= 15 is 0 Å². The lowest BCUT2D eigenvalue weighted by atomic mass is 10.1. The van der Waals surface area contributed by atoms with E-state index in [1.807, 2.05) is 6.07 Å². The van der Waals surface area contributed by atoms with Crippen molar-refractivity contribution in [3.63, 3.8) is 0 Å². The van der Waals surface area contributed by atoms with E-state index in [9.17, 15) is 13.2 Å². The number of benzene rings is 2. The predicted octanol–water partition coefficient (Wildman–Crippen LogP) is 2.11. The zero-order valence-electron chi connectivity index (χ0n) is 16.8. The number of ether oxygens (including phenoxy) is 2. The van der Waals surface area contributed by atoms with Gasteiger partial charge in [0.2, 0.25) is 10.0 Å². The first kappa shape index (κ1) is 20.6. The fourth-order valence-corrected chi connectivity index (χ4v) is 6.08. The van der Waals surface area contributed by atoms with Gasteiger partial charge in [-0.25, -0.2) is 8.42 Å². The highest BCUT2D eigenvalue weighted by Gasteiger charge is 2.32. The first-order valence-corrected chi connectivity index (χ1v) is 12.0. The van der Waals surface area contributed by atoms with Crippen molar-refractivity contribution in [3.05, 3.63) is 46.5 Å². The third-order valence-corrected chi connectivity index (χ3v) is 8.14. The van der Waals surface area contributed by atoms with Gasteiger partial charge >= 0.3 is 0 Å². The number of carbonyl (C=O) groups is 1. The number of nitrogens with zero attached hydrogens (tertiary/aromatic N) is 2. The number of rotatable bonds is 4. The molecule has 1 N–H and O–H groups in total. The molecule has 164 valence electrons. The van der Waals surface area contributed by atoms with Crippen LogP contribution in [0, 0.1) is 0 Å². The molecule has 1 fully saturated rings. The molecule has 3 aliphatic rings. The number of halogens is 1. The van der Waals surface area contributed by atoms with Gasteiger partial charge in [0, 0.05) is 45.2 Å². The lowest BCUT2D eigenvalue weighted by molar-refractivity contribution is -0.118. The Hall–Kier alpha value is -2.33. The van der Waals surface area contributed by atoms with Crippen LogP contribution in [-0.2, 0) is 27.8 Å². The fourth-order valence-electron chi connectivity index (χ4n) is 4.14. The van der Waals surface area contributed by atoms with Crippen molar-refractivity contribution in [2.75, 3.05) is 44.7 Å². The molecule has 0 spiro atoms. The van der Waals surface area contributed by atoms with E-state index in [4.69, 9.17) is 21.1 Å². The highest BCUT2D eigenvalue weighted by molar-refractivity contribution is 7.89. The van der Waals surface area contributed by atoms with Crippen LogP contribution in [-0.4, -0.2) is 62.9 Å². The molecule has 1 amide bonds. The lowest BCUT2D eigenvalue weighted by Gasteiger charge is -2.34. The molecule has 1 saturated heterocycles. The quantitative estimate of drug-likeness (QED) is 0.747. The summed E-state index contributed by atoms with van der Waals surface area (Å²) in [6, 6.07) is 9.08. The Morgan fingerprint density at radius 2 is 1.84 bits per heavy atom. The number of piperazine rings is 1. The number of hydrogen-bond acceptors (Lipinski definition) is 6. The summed E-state index contributed by atoms with van der Waals surface area (Å²) in [6.45, 7) is 3.36. The molecule has 0 bridgehead atoms. The molecule has 8 nitrogen and oxygen atoms in total. The maximum Gasteiger partial charge on any atom is 0.262 e. The molecule has 0 atom stereocenters. The maximum absolute atomic E-state index is 13.2. The van der Waals surface area contributed by atoms with Crippen molar-refractivity contribution in [2.24, 2.45) is 0 Å². The second-order valence-corrected chi connectivity index (χ2v) is 10.1. The van der Waals surface area contributed by atoms with Crippen molar-refractivity contribution >= 4 is 33.2 Å². The monoisotopic (exact) mass is 463 g/mol. The molecule has 5 rings (SSSR count). The van der Waals surface area contributed by atoms with E-state index < -0.39 is 10.0 Å². The standard InChI is InChI=1S/C21H22ClN3O5S/c22-16-10-17-19(30-13-21(26)23-17)11-20(16)31(27,28)25-6-4-24(5-7-25)12-14-1-2-18-15(9-14)3-8-29-18/h1-2,9-11H,3-8,12-13H2,(H,23,26). The minimum absolute atomic E-state index is 0.00358. The minimum atomic E-state index is -3.78. The van der Waals surface area contributed by atoms with Gasteiger partial charge in [-0.05, 0) is 23.3 Å². The second-order valence-electron chi connectivity index (χ2n) is 7.84. The van der Waals surface area contributed by atoms with Gasteiger partial charge in [-0.3, -0.25) is 9.69 Å². The van der Waals surface area contributed by atoms with Crippen molar-refractivity contribution in [2.45, 2.75) is 17.9 Å². The first-order valence-electron chi connectivity index (χ1n) is 10.1. The van der Waals surface area contributed by atoms with Crippen LogP contribution in [0.15, 0.2) is 35.2 Å². The van der Waals surface area contributed by atoms with Gasteiger partial charge in [-0.2, -0.15) is 4.31 Å². The normalized spacial score (nSPS) is 19.2. The Morgan fingerprint density at radius 1 is 1.03 bits per heavy atom. The summed E-state index contributed by atoms with van der Waals surface area (Å²) in [7, 11) is -3.78. The number of fused-ring (bicyclic) bond motifs is 2. The van der Waals surface area contributed by atoms with E-state index in [1.54, 1.807) is 0 Å². The van der Waals surface area contributed by atoms with Crippen LogP contribution in [0.4, 0.5) is 5.69 Å². The zero-order chi connectivity index (χ0) is 21.6. The van der Waals surface area contributed by atoms with Gasteiger partial charge in [0.25, 0.3) is 5.91 Å². The highest BCUT2D eigenvalue weighted by Crippen LogP contribution is 2.37. The van der Waals surface area contributed by atoms with Crippen LogP contribution >= 0.6 is 11.6 Å².